The predicted molar refractivity (Wildman–Crippen MR) is 132 cm³/mol. The summed E-state index contributed by atoms with van der Waals surface area (Å²) < 4.78 is 55.4. The number of aromatic nitrogens is 6. The van der Waals surface area contributed by atoms with E-state index in [1.165, 1.54) is 36.8 Å². The number of ether oxygens (including phenoxy) is 3. The number of anilines is 2. The van der Waals surface area contributed by atoms with E-state index in [1.807, 2.05) is 0 Å². The Balaban J connectivity index is 1.22. The number of nitrogens with one attached hydrogen (secondary N) is 1. The van der Waals surface area contributed by atoms with Crippen LogP contribution in [-0.4, -0.2) is 79.6 Å². The van der Waals surface area contributed by atoms with Crippen molar-refractivity contribution in [2.24, 2.45) is 0 Å². The maximum atomic E-state index is 13.4. The maximum Gasteiger partial charge on any atom is 0.423 e. The third-order valence-corrected chi connectivity index (χ3v) is 6.54. The van der Waals surface area contributed by atoms with Crippen molar-refractivity contribution in [1.29, 1.82) is 0 Å². The van der Waals surface area contributed by atoms with Crippen molar-refractivity contribution in [2.45, 2.75) is 50.0 Å². The Kier molecular flexibility index (Phi) is 7.77. The second-order valence-electron chi connectivity index (χ2n) is 9.21. The number of alkyl halides is 3. The Bertz CT molecular complexity index is 1320. The van der Waals surface area contributed by atoms with Crippen LogP contribution >= 0.6 is 0 Å². The molecule has 40 heavy (non-hydrogen) atoms. The van der Waals surface area contributed by atoms with Gasteiger partial charge in [-0.15, -0.1) is 0 Å². The Labute approximate surface area is 225 Å². The molecule has 4 heterocycles. The summed E-state index contributed by atoms with van der Waals surface area (Å²) in [5.41, 5.74) is 0.000137. The average molecular weight is 563 g/mol. The van der Waals surface area contributed by atoms with Gasteiger partial charge in [0.1, 0.15) is 11.7 Å². The van der Waals surface area contributed by atoms with Crippen molar-refractivity contribution in [3.8, 4) is 23.1 Å². The lowest BCUT2D eigenvalue weighted by Gasteiger charge is -2.34. The number of methoxy groups -OCH3 is 1. The first-order chi connectivity index (χ1) is 19.2. The zero-order valence-electron chi connectivity index (χ0n) is 21.2. The van der Waals surface area contributed by atoms with Gasteiger partial charge in [0.15, 0.2) is 5.82 Å². The molecule has 13 nitrogen and oxygen atoms in total. The quantitative estimate of drug-likeness (QED) is 0.413. The molecule has 1 aliphatic heterocycles. The van der Waals surface area contributed by atoms with Gasteiger partial charge in [-0.25, -0.2) is 24.7 Å². The van der Waals surface area contributed by atoms with Crippen LogP contribution in [0.25, 0.3) is 11.3 Å². The van der Waals surface area contributed by atoms with E-state index in [2.05, 4.69) is 35.2 Å². The van der Waals surface area contributed by atoms with Gasteiger partial charge in [-0.1, -0.05) is 0 Å². The molecule has 0 spiro atoms. The van der Waals surface area contributed by atoms with E-state index in [4.69, 9.17) is 14.2 Å². The van der Waals surface area contributed by atoms with Gasteiger partial charge in [-0.05, 0) is 25.7 Å². The lowest BCUT2D eigenvalue weighted by molar-refractivity contribution is -0.142. The second kappa shape index (κ2) is 11.4. The molecule has 1 saturated carbocycles. The van der Waals surface area contributed by atoms with Crippen LogP contribution in [0.15, 0.2) is 31.0 Å². The van der Waals surface area contributed by atoms with E-state index in [0.717, 1.165) is 0 Å². The topological polar surface area (TPSA) is 158 Å². The number of carbonyl (C=O) groups is 1. The third-order valence-electron chi connectivity index (χ3n) is 6.54. The first-order valence-corrected chi connectivity index (χ1v) is 12.4. The molecule has 0 radical (unpaired) electrons. The van der Waals surface area contributed by atoms with Gasteiger partial charge in [-0.3, -0.25) is 9.88 Å². The van der Waals surface area contributed by atoms with E-state index in [9.17, 15) is 23.1 Å². The van der Waals surface area contributed by atoms with Crippen molar-refractivity contribution in [1.82, 2.24) is 29.9 Å². The lowest BCUT2D eigenvalue weighted by Crippen LogP contribution is -2.44. The molecule has 2 N–H and O–H groups in total. The molecule has 1 aliphatic carbocycles. The summed E-state index contributed by atoms with van der Waals surface area (Å²) >= 11 is 0. The molecule has 5 rings (SSSR count). The van der Waals surface area contributed by atoms with Gasteiger partial charge in [0.05, 0.1) is 38.4 Å². The number of carboxylic acid groups (broad SMARTS) is 1. The van der Waals surface area contributed by atoms with Gasteiger partial charge in [0.2, 0.25) is 11.8 Å². The first-order valence-electron chi connectivity index (χ1n) is 12.4. The number of hydrogen-bond donors (Lipinski definition) is 2. The minimum atomic E-state index is -4.67. The average Bonchev–Trinajstić information content (AvgIpc) is 2.92. The van der Waals surface area contributed by atoms with E-state index in [-0.39, 0.29) is 43.1 Å². The SMILES string of the molecule is COc1ncc(-c2cnc(N(C(=O)O)[C@H]3CC[C@H](Nc4ncc(C(F)(F)F)c(OC5COC5)n4)CC3)cn2)cn1. The Morgan fingerprint density at radius 3 is 2.30 bits per heavy atom. The van der Waals surface area contributed by atoms with Crippen molar-refractivity contribution in [2.75, 3.05) is 30.5 Å². The highest BCUT2D eigenvalue weighted by molar-refractivity contribution is 5.85. The molecule has 3 aromatic heterocycles. The minimum Gasteiger partial charge on any atom is -0.469 e. The molecule has 1 saturated heterocycles. The van der Waals surface area contributed by atoms with Crippen LogP contribution < -0.4 is 19.7 Å². The number of rotatable bonds is 8. The van der Waals surface area contributed by atoms with E-state index >= 15 is 0 Å². The van der Waals surface area contributed by atoms with E-state index in [1.54, 1.807) is 0 Å². The van der Waals surface area contributed by atoms with Crippen molar-refractivity contribution < 1.29 is 37.3 Å². The van der Waals surface area contributed by atoms with Crippen LogP contribution in [0.2, 0.25) is 0 Å². The smallest absolute Gasteiger partial charge is 0.423 e. The Hall–Kier alpha value is -4.34. The van der Waals surface area contributed by atoms with Crippen LogP contribution in [0, 0.1) is 0 Å². The molecule has 1 amide bonds. The Morgan fingerprint density at radius 2 is 1.75 bits per heavy atom. The highest BCUT2D eigenvalue weighted by atomic mass is 19.4. The number of amides is 1. The summed E-state index contributed by atoms with van der Waals surface area (Å²) in [6.45, 7) is 0.383. The largest absolute Gasteiger partial charge is 0.469 e. The predicted octanol–water partition coefficient (Wildman–Crippen LogP) is 3.44. The Morgan fingerprint density at radius 1 is 1.02 bits per heavy atom. The van der Waals surface area contributed by atoms with Crippen molar-refractivity contribution in [3.05, 3.63) is 36.5 Å². The van der Waals surface area contributed by atoms with Gasteiger partial charge < -0.3 is 24.6 Å². The molecule has 2 fully saturated rings. The highest BCUT2D eigenvalue weighted by Gasteiger charge is 2.38. The molecule has 0 bridgehead atoms. The molecular formula is C24H25F3N8O5. The van der Waals surface area contributed by atoms with Crippen LogP contribution in [0.4, 0.5) is 29.7 Å². The van der Waals surface area contributed by atoms with E-state index < -0.39 is 29.8 Å². The molecule has 16 heteroatoms. The number of halogens is 3. The summed E-state index contributed by atoms with van der Waals surface area (Å²) in [5, 5.41) is 13.0. The van der Waals surface area contributed by atoms with Crippen LogP contribution in [0.5, 0.6) is 11.9 Å². The number of nitrogens with zero attached hydrogens (tertiary/aromatic N) is 7. The lowest BCUT2D eigenvalue weighted by atomic mass is 9.90. The molecule has 0 aromatic carbocycles. The summed E-state index contributed by atoms with van der Waals surface area (Å²) in [7, 11) is 1.45. The van der Waals surface area contributed by atoms with E-state index in [0.29, 0.717) is 43.1 Å². The summed E-state index contributed by atoms with van der Waals surface area (Å²) in [4.78, 5) is 37.8. The molecule has 2 aliphatic rings. The fourth-order valence-electron chi connectivity index (χ4n) is 4.41. The monoisotopic (exact) mass is 562 g/mol. The second-order valence-corrected chi connectivity index (χ2v) is 9.21. The molecule has 0 unspecified atom stereocenters. The van der Waals surface area contributed by atoms with Crippen LogP contribution in [0.3, 0.4) is 0 Å². The molecule has 3 aromatic rings. The van der Waals surface area contributed by atoms with Crippen LogP contribution in [0.1, 0.15) is 31.2 Å². The highest BCUT2D eigenvalue weighted by Crippen LogP contribution is 2.36. The molecular weight excluding hydrogens is 537 g/mol. The molecule has 212 valence electrons. The first kappa shape index (κ1) is 27.2. The van der Waals surface area contributed by atoms with Gasteiger partial charge in [-0.2, -0.15) is 18.2 Å². The maximum absolute atomic E-state index is 13.4. The normalized spacial score (nSPS) is 19.4. The molecule has 0 atom stereocenters. The summed E-state index contributed by atoms with van der Waals surface area (Å²) in [6, 6.07) is -0.337. The minimum absolute atomic E-state index is 0.00532. The van der Waals surface area contributed by atoms with Gasteiger partial charge in [0, 0.05) is 36.2 Å². The van der Waals surface area contributed by atoms with Gasteiger partial charge >= 0.3 is 18.3 Å². The van der Waals surface area contributed by atoms with Gasteiger partial charge in [0.25, 0.3) is 0 Å². The summed E-state index contributed by atoms with van der Waals surface area (Å²) in [5.74, 6) is -0.368. The fraction of sp³-hybridized carbons (Fsp3) is 0.458. The zero-order valence-corrected chi connectivity index (χ0v) is 21.2. The fourth-order valence-corrected chi connectivity index (χ4v) is 4.41. The number of hydrogen-bond acceptors (Lipinski definition) is 11. The summed E-state index contributed by atoms with van der Waals surface area (Å²) in [6.07, 6.45) is 2.24. The van der Waals surface area contributed by atoms with Crippen molar-refractivity contribution in [3.63, 3.8) is 0 Å². The standard InChI is InChI=1S/C24H25F3N8O5/c1-38-22-31-6-13(7-32-22)18-9-29-19(10-28-18)35(23(36)37)15-4-2-14(3-5-15)33-21-30-8-17(24(25,26)27)20(34-21)40-16-11-39-12-16/h6-10,14-16H,2-5,11-12H2,1H3,(H,36,37)(H,30,33,34)/t14-,15-. The van der Waals surface area contributed by atoms with Crippen LogP contribution in [-0.2, 0) is 10.9 Å². The zero-order chi connectivity index (χ0) is 28.3. The third kappa shape index (κ3) is 6.11. The van der Waals surface area contributed by atoms with Crippen molar-refractivity contribution >= 4 is 17.9 Å².